The number of benzene rings is 1. The number of amides is 1. The molecule has 1 aliphatic heterocycles. The van der Waals surface area contributed by atoms with E-state index in [-0.39, 0.29) is 24.2 Å². The van der Waals surface area contributed by atoms with E-state index in [0.29, 0.717) is 5.56 Å². The quantitative estimate of drug-likeness (QED) is 0.540. The largest absolute Gasteiger partial charge is 0.468 e. The molecular weight excluding hydrogens is 327 g/mol. The number of carbonyl (C=O) groups excluding carboxylic acids is 2. The zero-order valence-electron chi connectivity index (χ0n) is 14.5. The molecule has 8 heteroatoms. The third kappa shape index (κ3) is 4.97. The topological polar surface area (TPSA) is 105 Å². The van der Waals surface area contributed by atoms with E-state index in [0.717, 1.165) is 19.5 Å². The van der Waals surface area contributed by atoms with E-state index in [4.69, 9.17) is 5.73 Å². The highest BCUT2D eigenvalue weighted by Crippen LogP contribution is 2.23. The molecule has 0 bridgehead atoms. The molecule has 0 aromatic heterocycles. The number of nitrogens with one attached hydrogen (secondary N) is 3. The highest BCUT2D eigenvalue weighted by molar-refractivity contribution is 5.94. The van der Waals surface area contributed by atoms with Gasteiger partial charge in [0.25, 0.3) is 5.91 Å². The van der Waals surface area contributed by atoms with Crippen molar-refractivity contribution in [3.63, 3.8) is 0 Å². The Labute approximate surface area is 146 Å². The Morgan fingerprint density at radius 3 is 2.76 bits per heavy atom. The van der Waals surface area contributed by atoms with Crippen LogP contribution in [-0.2, 0) is 9.53 Å². The Kier molecular flexibility index (Phi) is 6.86. The van der Waals surface area contributed by atoms with Crippen LogP contribution in [0.15, 0.2) is 18.2 Å². The molecular formula is C17H25FN4O3. The van der Waals surface area contributed by atoms with Gasteiger partial charge in [0.2, 0.25) is 0 Å². The van der Waals surface area contributed by atoms with E-state index >= 15 is 0 Å². The van der Waals surface area contributed by atoms with Gasteiger partial charge in [-0.3, -0.25) is 9.59 Å². The van der Waals surface area contributed by atoms with Crippen LogP contribution in [0.25, 0.3) is 0 Å². The van der Waals surface area contributed by atoms with Crippen molar-refractivity contribution in [3.05, 3.63) is 35.1 Å². The first-order valence-corrected chi connectivity index (χ1v) is 8.35. The number of carbonyl (C=O) groups is 2. The first-order valence-electron chi connectivity index (χ1n) is 8.35. The van der Waals surface area contributed by atoms with Gasteiger partial charge in [0.05, 0.1) is 7.11 Å². The van der Waals surface area contributed by atoms with E-state index < -0.39 is 23.7 Å². The monoisotopic (exact) mass is 352 g/mol. The zero-order chi connectivity index (χ0) is 18.4. The summed E-state index contributed by atoms with van der Waals surface area (Å²) in [6, 6.07) is 3.40. The molecule has 1 amide bonds. The van der Waals surface area contributed by atoms with Crippen LogP contribution in [0.2, 0.25) is 0 Å². The van der Waals surface area contributed by atoms with E-state index in [1.165, 1.54) is 19.2 Å². The summed E-state index contributed by atoms with van der Waals surface area (Å²) in [6.45, 7) is 3.59. The minimum absolute atomic E-state index is 0.0710. The molecule has 1 aliphatic rings. The first kappa shape index (κ1) is 19.3. The maximum absolute atomic E-state index is 14.0. The lowest BCUT2D eigenvalue weighted by Gasteiger charge is -2.33. The van der Waals surface area contributed by atoms with Crippen LogP contribution in [0, 0.1) is 5.82 Å². The van der Waals surface area contributed by atoms with Gasteiger partial charge < -0.3 is 26.4 Å². The van der Waals surface area contributed by atoms with E-state index in [2.05, 4.69) is 27.6 Å². The number of ether oxygens (including phenoxy) is 1. The predicted octanol–water partition coefficient (Wildman–Crippen LogP) is 0.0683. The van der Waals surface area contributed by atoms with Gasteiger partial charge in [0, 0.05) is 37.3 Å². The van der Waals surface area contributed by atoms with Gasteiger partial charge in [-0.05, 0) is 30.2 Å². The van der Waals surface area contributed by atoms with Crippen LogP contribution in [0.1, 0.15) is 35.3 Å². The lowest BCUT2D eigenvalue weighted by molar-refractivity contribution is -0.141. The molecule has 25 heavy (non-hydrogen) atoms. The summed E-state index contributed by atoms with van der Waals surface area (Å²) in [5.74, 6) is -1.59. The number of halogens is 1. The molecule has 138 valence electrons. The van der Waals surface area contributed by atoms with Gasteiger partial charge in [-0.1, -0.05) is 6.92 Å². The maximum Gasteiger partial charge on any atom is 0.324 e. The fourth-order valence-corrected chi connectivity index (χ4v) is 2.94. The fourth-order valence-electron chi connectivity index (χ4n) is 2.94. The van der Waals surface area contributed by atoms with Crippen LogP contribution in [0.5, 0.6) is 0 Å². The van der Waals surface area contributed by atoms with Crippen LogP contribution >= 0.6 is 0 Å². The number of rotatable bonds is 6. The summed E-state index contributed by atoms with van der Waals surface area (Å²) >= 11 is 0. The molecule has 2 unspecified atom stereocenters. The molecule has 0 saturated carbocycles. The Balaban J connectivity index is 2.12. The number of hydrogen-bond donors (Lipinski definition) is 4. The van der Waals surface area contributed by atoms with Crippen molar-refractivity contribution >= 4 is 11.9 Å². The summed E-state index contributed by atoms with van der Waals surface area (Å²) < 4.78 is 18.5. The second-order valence-electron chi connectivity index (χ2n) is 6.01. The molecule has 1 aromatic carbocycles. The molecule has 0 spiro atoms. The van der Waals surface area contributed by atoms with Gasteiger partial charge in [-0.2, -0.15) is 0 Å². The molecule has 5 N–H and O–H groups in total. The smallest absolute Gasteiger partial charge is 0.324 e. The molecule has 1 aromatic rings. The second kappa shape index (κ2) is 8.89. The summed E-state index contributed by atoms with van der Waals surface area (Å²) in [6.07, 6.45) is 0.879. The molecule has 3 atom stereocenters. The van der Waals surface area contributed by atoms with Crippen LogP contribution in [0.4, 0.5) is 4.39 Å². The minimum atomic E-state index is -0.962. The summed E-state index contributed by atoms with van der Waals surface area (Å²) in [5, 5.41) is 9.28. The Bertz CT molecular complexity index is 626. The third-order valence-corrected chi connectivity index (χ3v) is 4.27. The van der Waals surface area contributed by atoms with Crippen molar-refractivity contribution in [2.24, 2.45) is 5.73 Å². The van der Waals surface area contributed by atoms with Gasteiger partial charge in [0.15, 0.2) is 0 Å². The van der Waals surface area contributed by atoms with Crippen molar-refractivity contribution in [3.8, 4) is 0 Å². The van der Waals surface area contributed by atoms with Crippen molar-refractivity contribution in [1.82, 2.24) is 16.0 Å². The predicted molar refractivity (Wildman–Crippen MR) is 91.6 cm³/mol. The molecule has 1 heterocycles. The van der Waals surface area contributed by atoms with E-state index in [1.807, 2.05) is 0 Å². The Hall–Kier alpha value is -2.03. The highest BCUT2D eigenvalue weighted by Gasteiger charge is 2.25. The maximum atomic E-state index is 14.0. The number of esters is 1. The molecule has 0 radical (unpaired) electrons. The molecule has 1 saturated heterocycles. The Morgan fingerprint density at radius 1 is 1.36 bits per heavy atom. The average molecular weight is 352 g/mol. The van der Waals surface area contributed by atoms with Gasteiger partial charge in [-0.25, -0.2) is 4.39 Å². The number of piperazine rings is 1. The lowest BCUT2D eigenvalue weighted by Crippen LogP contribution is -2.50. The molecule has 7 nitrogen and oxygen atoms in total. The SMILES string of the molecule is CCC1NCCNC1c1cc(F)cc(C(=O)NC[C@@H](N)C(=O)OC)c1. The van der Waals surface area contributed by atoms with E-state index in [1.54, 1.807) is 6.07 Å². The minimum Gasteiger partial charge on any atom is -0.468 e. The summed E-state index contributed by atoms with van der Waals surface area (Å²) in [7, 11) is 1.22. The van der Waals surface area contributed by atoms with Gasteiger partial charge in [0.1, 0.15) is 11.9 Å². The summed E-state index contributed by atoms with van der Waals surface area (Å²) in [5.41, 5.74) is 6.48. The average Bonchev–Trinajstić information content (AvgIpc) is 2.64. The fraction of sp³-hybridized carbons (Fsp3) is 0.529. The van der Waals surface area contributed by atoms with Crippen LogP contribution < -0.4 is 21.7 Å². The first-order chi connectivity index (χ1) is 12.0. The van der Waals surface area contributed by atoms with Gasteiger partial charge in [-0.15, -0.1) is 0 Å². The molecule has 0 aliphatic carbocycles. The standard InChI is InChI=1S/C17H25FN4O3/c1-3-14-15(21-5-4-20-14)10-6-11(8-12(18)7-10)16(23)22-9-13(19)17(24)25-2/h6-8,13-15,20-21H,3-5,9,19H2,1-2H3,(H,22,23)/t13-,14?,15?/m1/s1. The molecule has 1 fully saturated rings. The normalized spacial score (nSPS) is 21.4. The van der Waals surface area contributed by atoms with Crippen LogP contribution in [-0.4, -0.2) is 50.7 Å². The van der Waals surface area contributed by atoms with Crippen molar-refractivity contribution in [2.45, 2.75) is 31.5 Å². The Morgan fingerprint density at radius 2 is 2.08 bits per heavy atom. The van der Waals surface area contributed by atoms with Crippen molar-refractivity contribution < 1.29 is 18.7 Å². The number of methoxy groups -OCH3 is 1. The van der Waals surface area contributed by atoms with Gasteiger partial charge >= 0.3 is 5.97 Å². The zero-order valence-corrected chi connectivity index (χ0v) is 14.5. The second-order valence-corrected chi connectivity index (χ2v) is 6.01. The van der Waals surface area contributed by atoms with E-state index in [9.17, 15) is 14.0 Å². The highest BCUT2D eigenvalue weighted by atomic mass is 19.1. The molecule has 2 rings (SSSR count). The number of nitrogens with two attached hydrogens (primary N) is 1. The lowest BCUT2D eigenvalue weighted by atomic mass is 9.94. The van der Waals surface area contributed by atoms with Crippen molar-refractivity contribution in [1.29, 1.82) is 0 Å². The number of hydrogen-bond acceptors (Lipinski definition) is 6. The third-order valence-electron chi connectivity index (χ3n) is 4.27. The summed E-state index contributed by atoms with van der Waals surface area (Å²) in [4.78, 5) is 23.5. The van der Waals surface area contributed by atoms with Crippen LogP contribution in [0.3, 0.4) is 0 Å². The van der Waals surface area contributed by atoms with Crippen molar-refractivity contribution in [2.75, 3.05) is 26.7 Å².